The number of nitrogens with one attached hydrogen (secondary N) is 2. The second-order valence-electron chi connectivity index (χ2n) is 6.82. The van der Waals surface area contributed by atoms with Crippen LogP contribution in [0.3, 0.4) is 0 Å². The molecule has 1 aromatic heterocycles. The second kappa shape index (κ2) is 9.47. The molecule has 29 heavy (non-hydrogen) atoms. The van der Waals surface area contributed by atoms with Gasteiger partial charge in [-0.05, 0) is 32.9 Å². The van der Waals surface area contributed by atoms with Crippen molar-refractivity contribution in [3.8, 4) is 0 Å². The quantitative estimate of drug-likeness (QED) is 0.418. The summed E-state index contributed by atoms with van der Waals surface area (Å²) in [6, 6.07) is 0. The van der Waals surface area contributed by atoms with Gasteiger partial charge in [0.05, 0.1) is 28.4 Å². The number of halogens is 3. The zero-order chi connectivity index (χ0) is 21.8. The van der Waals surface area contributed by atoms with Crippen LogP contribution in [0.4, 0.5) is 14.5 Å². The Bertz CT molecular complexity index is 938. The van der Waals surface area contributed by atoms with Crippen LogP contribution in [0.2, 0.25) is 0 Å². The van der Waals surface area contributed by atoms with Gasteiger partial charge in [0.2, 0.25) is 5.82 Å². The fraction of sp³-hybridized carbons (Fsp3) is 0.368. The predicted octanol–water partition coefficient (Wildman–Crippen LogP) is 2.92. The fourth-order valence-electron chi connectivity index (χ4n) is 2.29. The van der Waals surface area contributed by atoms with Gasteiger partial charge in [-0.1, -0.05) is 28.1 Å². The lowest BCUT2D eigenvalue weighted by atomic mass is 10.1. The lowest BCUT2D eigenvalue weighted by Crippen LogP contribution is -2.39. The number of amides is 1. The maximum atomic E-state index is 14.8. The molecule has 0 spiro atoms. The summed E-state index contributed by atoms with van der Waals surface area (Å²) in [5, 5.41) is 11.7. The van der Waals surface area contributed by atoms with Crippen LogP contribution in [0.5, 0.6) is 0 Å². The monoisotopic (exact) mass is 473 g/mol. The molecule has 1 heterocycles. The van der Waals surface area contributed by atoms with Gasteiger partial charge in [-0.2, -0.15) is 4.39 Å². The normalized spacial score (nSPS) is 16.7. The highest BCUT2D eigenvalue weighted by molar-refractivity contribution is 9.09. The number of hydrogen-bond acceptors (Lipinski definition) is 5. The molecule has 0 saturated heterocycles. The van der Waals surface area contributed by atoms with Crippen LogP contribution in [-0.2, 0) is 11.4 Å². The number of alkyl halides is 1. The second-order valence-corrected chi connectivity index (χ2v) is 7.88. The number of aromatic nitrogens is 1. The summed E-state index contributed by atoms with van der Waals surface area (Å²) >= 11 is 3.23. The standard InChI is InChI=1S/C19H22BrF2N3O4/c1-4-25-9-12(17(27)24-29-19(2,3)10-26)16(15(22)18(25)28)23-14-7-5-6-11(20)8-13(14)21/h5-9,11,23,26H,4,10H2,1-3H3,(H,24,27). The third kappa shape index (κ3) is 5.62. The number of aryl methyl sites for hydroxylation is 1. The summed E-state index contributed by atoms with van der Waals surface area (Å²) in [5.74, 6) is -2.80. The third-order valence-corrected chi connectivity index (χ3v) is 4.56. The van der Waals surface area contributed by atoms with E-state index in [1.165, 1.54) is 26.0 Å². The molecule has 1 atom stereocenters. The molecule has 1 aromatic rings. The molecule has 10 heteroatoms. The van der Waals surface area contributed by atoms with Crippen LogP contribution < -0.4 is 16.4 Å². The Kier molecular flexibility index (Phi) is 7.50. The average molecular weight is 474 g/mol. The minimum Gasteiger partial charge on any atom is -0.393 e. The predicted molar refractivity (Wildman–Crippen MR) is 109 cm³/mol. The van der Waals surface area contributed by atoms with E-state index in [1.807, 2.05) is 0 Å². The van der Waals surface area contributed by atoms with Crippen molar-refractivity contribution in [2.75, 3.05) is 11.9 Å². The number of aliphatic hydroxyl groups is 1. The zero-order valence-electron chi connectivity index (χ0n) is 16.1. The van der Waals surface area contributed by atoms with Crippen molar-refractivity contribution in [3.63, 3.8) is 0 Å². The first-order valence-electron chi connectivity index (χ1n) is 8.79. The van der Waals surface area contributed by atoms with E-state index in [9.17, 15) is 23.5 Å². The fourth-order valence-corrected chi connectivity index (χ4v) is 2.70. The number of allylic oxidation sites excluding steroid dienone is 5. The number of carbonyl (C=O) groups excluding carboxylic acids is 1. The number of aliphatic hydroxyl groups excluding tert-OH is 1. The Labute approximate surface area is 174 Å². The molecule has 7 nitrogen and oxygen atoms in total. The Morgan fingerprint density at radius 1 is 1.41 bits per heavy atom. The van der Waals surface area contributed by atoms with Crippen LogP contribution in [0.1, 0.15) is 31.1 Å². The first kappa shape index (κ1) is 23.0. The number of pyridine rings is 1. The summed E-state index contributed by atoms with van der Waals surface area (Å²) in [6.45, 7) is 4.39. The largest absolute Gasteiger partial charge is 0.393 e. The van der Waals surface area contributed by atoms with Crippen LogP contribution in [0, 0.1) is 5.82 Å². The number of hydrogen-bond donors (Lipinski definition) is 3. The molecule has 1 aliphatic rings. The van der Waals surface area contributed by atoms with E-state index < -0.39 is 34.4 Å². The van der Waals surface area contributed by atoms with Crippen molar-refractivity contribution < 1.29 is 23.5 Å². The zero-order valence-corrected chi connectivity index (χ0v) is 17.7. The van der Waals surface area contributed by atoms with E-state index in [0.717, 1.165) is 10.8 Å². The summed E-state index contributed by atoms with van der Waals surface area (Å²) < 4.78 is 30.2. The van der Waals surface area contributed by atoms with Crippen LogP contribution in [0.25, 0.3) is 0 Å². The first-order valence-corrected chi connectivity index (χ1v) is 9.70. The average Bonchev–Trinajstić information content (AvgIpc) is 2.84. The van der Waals surface area contributed by atoms with Gasteiger partial charge < -0.3 is 15.0 Å². The van der Waals surface area contributed by atoms with Crippen LogP contribution in [-0.4, -0.2) is 32.6 Å². The number of hydroxylamine groups is 1. The van der Waals surface area contributed by atoms with E-state index in [-0.39, 0.29) is 29.2 Å². The Hall–Kier alpha value is -2.30. The molecule has 1 aliphatic carbocycles. The molecule has 0 radical (unpaired) electrons. The number of anilines is 1. The molecule has 3 N–H and O–H groups in total. The minimum absolute atomic E-state index is 0.115. The molecular weight excluding hydrogens is 452 g/mol. The van der Waals surface area contributed by atoms with Crippen LogP contribution in [0.15, 0.2) is 46.8 Å². The van der Waals surface area contributed by atoms with E-state index in [0.29, 0.717) is 0 Å². The maximum absolute atomic E-state index is 14.8. The van der Waals surface area contributed by atoms with Crippen molar-refractivity contribution in [1.82, 2.24) is 10.0 Å². The highest BCUT2D eigenvalue weighted by Gasteiger charge is 2.25. The van der Waals surface area contributed by atoms with E-state index in [2.05, 4.69) is 26.7 Å². The van der Waals surface area contributed by atoms with Gasteiger partial charge in [0.1, 0.15) is 11.4 Å². The molecule has 0 aliphatic heterocycles. The van der Waals surface area contributed by atoms with Crippen LogP contribution >= 0.6 is 15.9 Å². The third-order valence-electron chi connectivity index (χ3n) is 3.99. The number of carbonyl (C=O) groups is 1. The van der Waals surface area contributed by atoms with Gasteiger partial charge in [0.25, 0.3) is 11.5 Å². The van der Waals surface area contributed by atoms with Crippen molar-refractivity contribution in [2.45, 2.75) is 37.7 Å². The van der Waals surface area contributed by atoms with E-state index in [1.54, 1.807) is 19.1 Å². The van der Waals surface area contributed by atoms with Gasteiger partial charge in [-0.15, -0.1) is 0 Å². The van der Waals surface area contributed by atoms with Gasteiger partial charge in [-0.25, -0.2) is 9.87 Å². The molecule has 158 valence electrons. The topological polar surface area (TPSA) is 92.6 Å². The molecule has 0 aromatic carbocycles. The molecule has 2 rings (SSSR count). The number of rotatable bonds is 7. The molecule has 1 amide bonds. The highest BCUT2D eigenvalue weighted by atomic mass is 79.9. The highest BCUT2D eigenvalue weighted by Crippen LogP contribution is 2.25. The Morgan fingerprint density at radius 3 is 2.72 bits per heavy atom. The van der Waals surface area contributed by atoms with Crippen molar-refractivity contribution in [3.05, 3.63) is 63.8 Å². The Balaban J connectivity index is 2.48. The molecule has 0 saturated carbocycles. The lowest BCUT2D eigenvalue weighted by Gasteiger charge is -2.22. The summed E-state index contributed by atoms with van der Waals surface area (Å²) in [4.78, 5) is 29.6. The Morgan fingerprint density at radius 2 is 2.10 bits per heavy atom. The van der Waals surface area contributed by atoms with E-state index in [4.69, 9.17) is 4.84 Å². The molecule has 0 fully saturated rings. The van der Waals surface area contributed by atoms with Gasteiger partial charge >= 0.3 is 0 Å². The van der Waals surface area contributed by atoms with Crippen molar-refractivity contribution in [1.29, 1.82) is 0 Å². The van der Waals surface area contributed by atoms with Gasteiger partial charge in [0.15, 0.2) is 0 Å². The first-order chi connectivity index (χ1) is 13.6. The maximum Gasteiger partial charge on any atom is 0.288 e. The molecular formula is C19H22BrF2N3O4. The molecule has 1 unspecified atom stereocenters. The summed E-state index contributed by atoms with van der Waals surface area (Å²) in [7, 11) is 0. The van der Waals surface area contributed by atoms with Crippen molar-refractivity contribution >= 4 is 27.5 Å². The number of nitrogens with zero attached hydrogens (tertiary/aromatic N) is 1. The van der Waals surface area contributed by atoms with Gasteiger partial charge in [-0.3, -0.25) is 14.4 Å². The minimum atomic E-state index is -1.24. The van der Waals surface area contributed by atoms with Crippen molar-refractivity contribution in [2.24, 2.45) is 0 Å². The lowest BCUT2D eigenvalue weighted by molar-refractivity contribution is -0.0956. The van der Waals surface area contributed by atoms with Gasteiger partial charge in [0, 0.05) is 12.7 Å². The summed E-state index contributed by atoms with van der Waals surface area (Å²) in [6.07, 6.45) is 6.94. The van der Waals surface area contributed by atoms with E-state index >= 15 is 0 Å². The smallest absolute Gasteiger partial charge is 0.288 e. The molecule has 0 bridgehead atoms. The SMILES string of the molecule is CCn1cc(C(=O)NOC(C)(C)CO)c(NC2=CC=CC(Br)C=C2F)c(F)c1=O. The summed E-state index contributed by atoms with van der Waals surface area (Å²) in [5.41, 5.74) is -0.804.